The van der Waals surface area contributed by atoms with Gasteiger partial charge in [0, 0.05) is 18.5 Å². The quantitative estimate of drug-likeness (QED) is 0.838. The van der Waals surface area contributed by atoms with Crippen LogP contribution in [0.3, 0.4) is 0 Å². The SMILES string of the molecule is O[C@]12CC3C4C5CC6C4C3C1C(NCc1ccccc1)C6C52. The maximum Gasteiger partial charge on any atom is 0.0730 e. The van der Waals surface area contributed by atoms with Gasteiger partial charge < -0.3 is 10.4 Å². The summed E-state index contributed by atoms with van der Waals surface area (Å²) in [5, 5.41) is 15.5. The van der Waals surface area contributed by atoms with Crippen molar-refractivity contribution in [2.75, 3.05) is 0 Å². The lowest BCUT2D eigenvalue weighted by Gasteiger charge is -2.61. The second-order valence-electron chi connectivity index (χ2n) is 9.18. The predicted octanol–water partition coefficient (Wildman–Crippen LogP) is 2.28. The molecule has 0 aromatic heterocycles. The van der Waals surface area contributed by atoms with Crippen LogP contribution in [0.5, 0.6) is 0 Å². The smallest absolute Gasteiger partial charge is 0.0730 e. The van der Waals surface area contributed by atoms with Crippen LogP contribution in [0.1, 0.15) is 18.4 Å². The van der Waals surface area contributed by atoms with Gasteiger partial charge in [-0.25, -0.2) is 0 Å². The van der Waals surface area contributed by atoms with Gasteiger partial charge >= 0.3 is 0 Å². The van der Waals surface area contributed by atoms with Crippen LogP contribution < -0.4 is 5.32 Å². The summed E-state index contributed by atoms with van der Waals surface area (Å²) >= 11 is 0. The number of fused-ring (bicyclic) bond motifs is 14. The average Bonchev–Trinajstić information content (AvgIpc) is 3.16. The highest BCUT2D eigenvalue weighted by molar-refractivity contribution is 5.37. The first-order chi connectivity index (χ1) is 10.8. The van der Waals surface area contributed by atoms with Crippen molar-refractivity contribution in [3.05, 3.63) is 35.9 Å². The van der Waals surface area contributed by atoms with Crippen LogP contribution in [0.25, 0.3) is 0 Å². The summed E-state index contributed by atoms with van der Waals surface area (Å²) in [4.78, 5) is 0. The standard InChI is InChI=1S/C20H23NO/c22-20-7-12-13-11-6-10-14(13)15(12)18(20)19(16(10)17(11)20)21-8-9-4-2-1-3-5-9/h1-5,10-19,21-22H,6-8H2/t10?,11?,12?,13?,14?,15?,16?,17?,18?,19?,20-/m0/s1. The molecule has 2 bridgehead atoms. The first kappa shape index (κ1) is 11.6. The van der Waals surface area contributed by atoms with Crippen LogP contribution >= 0.6 is 0 Å². The number of rotatable bonds is 3. The highest BCUT2D eigenvalue weighted by Crippen LogP contribution is 2.87. The van der Waals surface area contributed by atoms with E-state index in [9.17, 15) is 5.11 Å². The summed E-state index contributed by atoms with van der Waals surface area (Å²) in [6.07, 6.45) is 2.60. The Morgan fingerprint density at radius 2 is 1.82 bits per heavy atom. The van der Waals surface area contributed by atoms with Gasteiger partial charge in [-0.2, -0.15) is 0 Å². The Morgan fingerprint density at radius 3 is 2.68 bits per heavy atom. The van der Waals surface area contributed by atoms with Gasteiger partial charge in [0.2, 0.25) is 0 Å². The van der Waals surface area contributed by atoms with E-state index in [-0.39, 0.29) is 5.60 Å². The molecule has 0 radical (unpaired) electrons. The molecule has 0 aliphatic heterocycles. The van der Waals surface area contributed by atoms with E-state index in [1.807, 2.05) is 0 Å². The van der Waals surface area contributed by atoms with Crippen molar-refractivity contribution < 1.29 is 5.11 Å². The Morgan fingerprint density at radius 1 is 0.955 bits per heavy atom. The Bertz CT molecular complexity index is 674. The summed E-state index contributed by atoms with van der Waals surface area (Å²) in [5.41, 5.74) is 1.10. The number of hydrogen-bond donors (Lipinski definition) is 2. The lowest BCUT2D eigenvalue weighted by molar-refractivity contribution is -0.145. The topological polar surface area (TPSA) is 32.3 Å². The first-order valence-corrected chi connectivity index (χ1v) is 9.29. The van der Waals surface area contributed by atoms with Crippen molar-refractivity contribution in [2.45, 2.75) is 31.0 Å². The molecule has 1 aromatic rings. The monoisotopic (exact) mass is 293 g/mol. The molecule has 5 aliphatic rings. The minimum Gasteiger partial charge on any atom is -0.389 e. The van der Waals surface area contributed by atoms with Crippen molar-refractivity contribution in [1.82, 2.24) is 5.32 Å². The Labute approximate surface area is 131 Å². The molecule has 0 saturated heterocycles. The van der Waals surface area contributed by atoms with Gasteiger partial charge in [-0.1, -0.05) is 30.3 Å². The summed E-state index contributed by atoms with van der Waals surface area (Å²) in [7, 11) is 0. The van der Waals surface area contributed by atoms with E-state index in [1.165, 1.54) is 12.0 Å². The van der Waals surface area contributed by atoms with Crippen molar-refractivity contribution >= 4 is 0 Å². The first-order valence-electron chi connectivity index (χ1n) is 9.29. The predicted molar refractivity (Wildman–Crippen MR) is 82.7 cm³/mol. The van der Waals surface area contributed by atoms with E-state index in [4.69, 9.17) is 0 Å². The zero-order valence-electron chi connectivity index (χ0n) is 12.7. The van der Waals surface area contributed by atoms with E-state index < -0.39 is 0 Å². The molecule has 2 N–H and O–H groups in total. The third kappa shape index (κ3) is 0.957. The van der Waals surface area contributed by atoms with Crippen molar-refractivity contribution in [3.63, 3.8) is 0 Å². The minimum atomic E-state index is -0.282. The molecule has 5 aliphatic carbocycles. The second-order valence-corrected chi connectivity index (χ2v) is 9.18. The van der Waals surface area contributed by atoms with E-state index >= 15 is 0 Å². The maximum absolute atomic E-state index is 11.5. The van der Waals surface area contributed by atoms with E-state index in [2.05, 4.69) is 35.6 Å². The number of nitrogens with one attached hydrogen (secondary N) is 1. The molecular weight excluding hydrogens is 270 g/mol. The Hall–Kier alpha value is -0.860. The Kier molecular flexibility index (Phi) is 1.76. The van der Waals surface area contributed by atoms with Crippen LogP contribution in [0.2, 0.25) is 0 Å². The van der Waals surface area contributed by atoms with E-state index in [1.54, 1.807) is 0 Å². The lowest BCUT2D eigenvalue weighted by atomic mass is 9.44. The second kappa shape index (κ2) is 3.32. The molecule has 2 nitrogen and oxygen atoms in total. The van der Waals surface area contributed by atoms with Gasteiger partial charge in [-0.05, 0) is 65.7 Å². The normalized spacial score (nSPS) is 63.9. The van der Waals surface area contributed by atoms with Crippen LogP contribution in [-0.2, 0) is 6.54 Å². The molecule has 114 valence electrons. The van der Waals surface area contributed by atoms with Crippen molar-refractivity contribution in [1.29, 1.82) is 0 Å². The zero-order chi connectivity index (χ0) is 14.2. The molecule has 10 unspecified atom stereocenters. The third-order valence-corrected chi connectivity index (χ3v) is 9.10. The van der Waals surface area contributed by atoms with Crippen molar-refractivity contribution in [3.8, 4) is 0 Å². The van der Waals surface area contributed by atoms with Gasteiger partial charge in [0.1, 0.15) is 0 Å². The fourth-order valence-corrected chi connectivity index (χ4v) is 9.15. The summed E-state index contributed by atoms with van der Waals surface area (Å²) in [6, 6.07) is 11.4. The summed E-state index contributed by atoms with van der Waals surface area (Å²) in [5.74, 6) is 7.72. The van der Waals surface area contributed by atoms with Gasteiger partial charge in [-0.15, -0.1) is 0 Å². The van der Waals surface area contributed by atoms with Gasteiger partial charge in [-0.3, -0.25) is 0 Å². The molecule has 22 heavy (non-hydrogen) atoms. The van der Waals surface area contributed by atoms with Crippen LogP contribution in [-0.4, -0.2) is 16.7 Å². The van der Waals surface area contributed by atoms with Gasteiger partial charge in [0.25, 0.3) is 0 Å². The summed E-state index contributed by atoms with van der Waals surface area (Å²) < 4.78 is 0. The molecule has 0 amide bonds. The average molecular weight is 293 g/mol. The third-order valence-electron chi connectivity index (χ3n) is 9.10. The van der Waals surface area contributed by atoms with Crippen LogP contribution in [0.4, 0.5) is 0 Å². The fraction of sp³-hybridized carbons (Fsp3) is 0.700. The minimum absolute atomic E-state index is 0.282. The zero-order valence-corrected chi connectivity index (χ0v) is 12.7. The van der Waals surface area contributed by atoms with Crippen molar-refractivity contribution in [2.24, 2.45) is 53.3 Å². The van der Waals surface area contributed by atoms with Gasteiger partial charge in [0.05, 0.1) is 5.60 Å². The fourth-order valence-electron chi connectivity index (χ4n) is 9.15. The number of benzene rings is 1. The molecule has 5 saturated carbocycles. The molecule has 1 aromatic carbocycles. The lowest BCUT2D eigenvalue weighted by Crippen LogP contribution is -2.61. The van der Waals surface area contributed by atoms with E-state index in [0.29, 0.717) is 17.9 Å². The number of aliphatic hydroxyl groups is 1. The maximum atomic E-state index is 11.5. The largest absolute Gasteiger partial charge is 0.389 e. The van der Waals surface area contributed by atoms with Crippen LogP contribution in [0.15, 0.2) is 30.3 Å². The summed E-state index contributed by atoms with van der Waals surface area (Å²) in [6.45, 7) is 0.976. The molecular formula is C20H23NO. The van der Waals surface area contributed by atoms with Gasteiger partial charge in [0.15, 0.2) is 0 Å². The highest BCUT2D eigenvalue weighted by Gasteiger charge is 2.87. The Balaban J connectivity index is 1.27. The molecule has 2 heteroatoms. The highest BCUT2D eigenvalue weighted by atomic mass is 16.3. The number of hydrogen-bond acceptors (Lipinski definition) is 2. The molecule has 0 heterocycles. The van der Waals surface area contributed by atoms with Crippen LogP contribution in [0, 0.1) is 53.3 Å². The molecule has 6 rings (SSSR count). The molecule has 11 atom stereocenters. The molecule has 5 fully saturated rings. The van der Waals surface area contributed by atoms with E-state index in [0.717, 1.165) is 54.4 Å². The molecule has 0 spiro atoms.